The molecule has 8 nitrogen and oxygen atoms in total. The Kier molecular flexibility index (Phi) is 14.6. The molecule has 1 aliphatic heterocycles. The Hall–Kier alpha value is -4.48. The molecule has 47 heavy (non-hydrogen) atoms. The zero-order chi connectivity index (χ0) is 34.2. The maximum Gasteiger partial charge on any atom is 0.416 e. The number of methoxy groups -OCH3 is 1. The molecule has 252 valence electrons. The third-order valence-corrected chi connectivity index (χ3v) is 7.34. The smallest absolute Gasteiger partial charge is 0.416 e. The van der Waals surface area contributed by atoms with Crippen molar-refractivity contribution in [3.63, 3.8) is 0 Å². The summed E-state index contributed by atoms with van der Waals surface area (Å²) >= 11 is 0. The van der Waals surface area contributed by atoms with Crippen molar-refractivity contribution in [1.29, 1.82) is 0 Å². The highest BCUT2D eigenvalue weighted by atomic mass is 19.4. The van der Waals surface area contributed by atoms with Crippen molar-refractivity contribution >= 4 is 12.2 Å². The zero-order valence-electron chi connectivity index (χ0n) is 27.3. The van der Waals surface area contributed by atoms with E-state index in [-0.39, 0.29) is 5.91 Å². The Morgan fingerprint density at radius 2 is 1.83 bits per heavy atom. The molecule has 2 N–H and O–H groups in total. The Bertz CT molecular complexity index is 1540. The second-order valence-electron chi connectivity index (χ2n) is 11.2. The van der Waals surface area contributed by atoms with Crippen molar-refractivity contribution in [3.05, 3.63) is 118 Å². The number of carbonyl (C=O) groups is 2. The number of rotatable bonds is 10. The number of ether oxygens (including phenoxy) is 1. The summed E-state index contributed by atoms with van der Waals surface area (Å²) in [6.07, 6.45) is 1.02. The minimum Gasteiger partial charge on any atom is -0.497 e. The number of likely N-dealkylation sites (tertiary alicyclic amines) is 1. The van der Waals surface area contributed by atoms with Gasteiger partial charge < -0.3 is 19.8 Å². The number of halogens is 3. The zero-order valence-corrected chi connectivity index (χ0v) is 27.3. The SMILES string of the molecule is COc1cc(C=O)cc(C(=O)NCCCNCc2cccc(C(F)(F)F)c2)c1.Cc1ccccc1.Cc1coc(C2CCCN2C)n1. The van der Waals surface area contributed by atoms with E-state index in [1.165, 1.54) is 49.8 Å². The van der Waals surface area contributed by atoms with Gasteiger partial charge in [0.1, 0.15) is 18.3 Å². The van der Waals surface area contributed by atoms with Crippen LogP contribution in [-0.2, 0) is 12.7 Å². The second-order valence-corrected chi connectivity index (χ2v) is 11.2. The normalized spacial score (nSPS) is 14.3. The van der Waals surface area contributed by atoms with Crippen LogP contribution in [0.5, 0.6) is 5.75 Å². The standard InChI is InChI=1S/C20H21F3N2O3.C9H14N2O.C7H8/c1-28-18-10-15(13-26)8-16(11-18)19(27)25-7-3-6-24-12-14-4-2-5-17(9-14)20(21,22)23;1-7-6-12-9(10-7)8-4-3-5-11(8)2;1-7-5-3-2-4-6-7/h2,4-5,8-11,13,24H,3,6-7,12H2,1H3,(H,25,27);6,8H,3-5H2,1-2H3;2-6H,1H3. The van der Waals surface area contributed by atoms with Gasteiger partial charge in [0.25, 0.3) is 5.91 Å². The van der Waals surface area contributed by atoms with Crippen LogP contribution < -0.4 is 15.4 Å². The fourth-order valence-electron chi connectivity index (χ4n) is 4.83. The van der Waals surface area contributed by atoms with E-state index in [4.69, 9.17) is 9.15 Å². The molecule has 0 aliphatic carbocycles. The van der Waals surface area contributed by atoms with Crippen molar-refractivity contribution in [2.75, 3.05) is 33.8 Å². The van der Waals surface area contributed by atoms with Gasteiger partial charge in [-0.3, -0.25) is 14.5 Å². The van der Waals surface area contributed by atoms with Gasteiger partial charge in [-0.05, 0) is 83.1 Å². The Morgan fingerprint density at radius 1 is 1.06 bits per heavy atom. The summed E-state index contributed by atoms with van der Waals surface area (Å²) in [5.74, 6) is 0.963. The molecule has 1 unspecified atom stereocenters. The molecule has 0 spiro atoms. The highest BCUT2D eigenvalue weighted by Gasteiger charge is 2.30. The summed E-state index contributed by atoms with van der Waals surface area (Å²) in [6, 6.07) is 20.4. The molecule has 3 aromatic carbocycles. The molecule has 2 heterocycles. The predicted molar refractivity (Wildman–Crippen MR) is 176 cm³/mol. The van der Waals surface area contributed by atoms with Crippen LogP contribution in [0.25, 0.3) is 0 Å². The first-order valence-electron chi connectivity index (χ1n) is 15.4. The van der Waals surface area contributed by atoms with Crippen LogP contribution in [0.15, 0.2) is 83.5 Å². The quantitative estimate of drug-likeness (QED) is 0.138. The number of alkyl halides is 3. The van der Waals surface area contributed by atoms with Gasteiger partial charge in [-0.2, -0.15) is 13.2 Å². The van der Waals surface area contributed by atoms with E-state index in [0.29, 0.717) is 60.8 Å². The maximum absolute atomic E-state index is 12.7. The van der Waals surface area contributed by atoms with Gasteiger partial charge in [0.15, 0.2) is 0 Å². The molecule has 1 aromatic heterocycles. The van der Waals surface area contributed by atoms with E-state index in [1.54, 1.807) is 12.3 Å². The van der Waals surface area contributed by atoms with Gasteiger partial charge in [0.2, 0.25) is 5.89 Å². The molecule has 0 bridgehead atoms. The lowest BCUT2D eigenvalue weighted by atomic mass is 10.1. The molecular formula is C36H43F3N4O4. The highest BCUT2D eigenvalue weighted by Crippen LogP contribution is 2.30. The van der Waals surface area contributed by atoms with Gasteiger partial charge >= 0.3 is 6.18 Å². The molecule has 1 atom stereocenters. The van der Waals surface area contributed by atoms with E-state index in [9.17, 15) is 22.8 Å². The second kappa shape index (κ2) is 18.6. The van der Waals surface area contributed by atoms with Crippen LogP contribution in [0.2, 0.25) is 0 Å². The average molecular weight is 653 g/mol. The number of aromatic nitrogens is 1. The fourth-order valence-corrected chi connectivity index (χ4v) is 4.83. The average Bonchev–Trinajstić information content (AvgIpc) is 3.70. The van der Waals surface area contributed by atoms with Crippen LogP contribution in [-0.4, -0.2) is 55.9 Å². The van der Waals surface area contributed by atoms with Crippen LogP contribution in [0.3, 0.4) is 0 Å². The number of nitrogens with one attached hydrogen (secondary N) is 2. The van der Waals surface area contributed by atoms with E-state index >= 15 is 0 Å². The van der Waals surface area contributed by atoms with Crippen molar-refractivity contribution in [2.24, 2.45) is 0 Å². The number of benzene rings is 3. The monoisotopic (exact) mass is 652 g/mol. The first-order valence-corrected chi connectivity index (χ1v) is 15.4. The molecule has 11 heteroatoms. The number of carbonyl (C=O) groups excluding carboxylic acids is 2. The molecule has 1 amide bonds. The summed E-state index contributed by atoms with van der Waals surface area (Å²) in [7, 11) is 3.57. The van der Waals surface area contributed by atoms with Gasteiger partial charge in [-0.15, -0.1) is 0 Å². The number of amides is 1. The lowest BCUT2D eigenvalue weighted by Gasteiger charge is -2.14. The van der Waals surface area contributed by atoms with E-state index in [1.807, 2.05) is 25.1 Å². The third kappa shape index (κ3) is 12.7. The minimum atomic E-state index is -4.36. The Balaban J connectivity index is 0.000000254. The van der Waals surface area contributed by atoms with Crippen LogP contribution >= 0.6 is 0 Å². The summed E-state index contributed by atoms with van der Waals surface area (Å²) in [5, 5.41) is 5.78. The molecule has 1 fully saturated rings. The lowest BCUT2D eigenvalue weighted by molar-refractivity contribution is -0.137. The van der Waals surface area contributed by atoms with Crippen LogP contribution in [0.1, 0.15) is 74.3 Å². The van der Waals surface area contributed by atoms with E-state index in [2.05, 4.69) is 46.6 Å². The molecule has 0 radical (unpaired) electrons. The Labute approximate surface area is 274 Å². The van der Waals surface area contributed by atoms with E-state index in [0.717, 1.165) is 30.3 Å². The van der Waals surface area contributed by atoms with E-state index < -0.39 is 11.7 Å². The third-order valence-electron chi connectivity index (χ3n) is 7.34. The van der Waals surface area contributed by atoms with Gasteiger partial charge in [-0.25, -0.2) is 4.98 Å². The number of hydrogen-bond acceptors (Lipinski definition) is 7. The molecule has 0 saturated carbocycles. The predicted octanol–water partition coefficient (Wildman–Crippen LogP) is 7.18. The molecule has 1 saturated heterocycles. The van der Waals surface area contributed by atoms with Crippen molar-refractivity contribution in [1.82, 2.24) is 20.5 Å². The van der Waals surface area contributed by atoms with Crippen molar-refractivity contribution in [2.45, 2.75) is 51.9 Å². The van der Waals surface area contributed by atoms with Gasteiger partial charge in [0.05, 0.1) is 24.4 Å². The largest absolute Gasteiger partial charge is 0.497 e. The lowest BCUT2D eigenvalue weighted by Crippen LogP contribution is -2.27. The fraction of sp³-hybridized carbons (Fsp3) is 0.361. The topological polar surface area (TPSA) is 96.7 Å². The maximum atomic E-state index is 12.7. The number of hydrogen-bond donors (Lipinski definition) is 2. The Morgan fingerprint density at radius 3 is 2.40 bits per heavy atom. The van der Waals surface area contributed by atoms with Gasteiger partial charge in [-0.1, -0.05) is 54.1 Å². The summed E-state index contributed by atoms with van der Waals surface area (Å²) < 4.78 is 48.5. The first kappa shape index (κ1) is 37.0. The molecule has 5 rings (SSSR count). The molecule has 4 aromatic rings. The first-order chi connectivity index (χ1) is 22.5. The van der Waals surface area contributed by atoms with Crippen molar-refractivity contribution in [3.8, 4) is 5.75 Å². The van der Waals surface area contributed by atoms with Gasteiger partial charge in [0, 0.05) is 24.2 Å². The highest BCUT2D eigenvalue weighted by molar-refractivity contribution is 5.96. The van der Waals surface area contributed by atoms with Crippen LogP contribution in [0, 0.1) is 13.8 Å². The number of oxazole rings is 1. The number of nitrogens with zero attached hydrogens (tertiary/aromatic N) is 2. The number of aldehydes is 1. The van der Waals surface area contributed by atoms with Crippen LogP contribution in [0.4, 0.5) is 13.2 Å². The summed E-state index contributed by atoms with van der Waals surface area (Å²) in [5.41, 5.74) is 2.82. The molecule has 1 aliphatic rings. The van der Waals surface area contributed by atoms with Crippen molar-refractivity contribution < 1.29 is 31.9 Å². The summed E-state index contributed by atoms with van der Waals surface area (Å²) in [4.78, 5) is 29.7. The number of aryl methyl sites for hydroxylation is 2. The molecular weight excluding hydrogens is 609 g/mol. The summed E-state index contributed by atoms with van der Waals surface area (Å²) in [6.45, 7) is 6.40. The minimum absolute atomic E-state index is 0.302.